The van der Waals surface area contributed by atoms with Crippen LogP contribution in [0.5, 0.6) is 5.75 Å². The summed E-state index contributed by atoms with van der Waals surface area (Å²) < 4.78 is 5.71. The second kappa shape index (κ2) is 4.83. The third-order valence-corrected chi connectivity index (χ3v) is 2.89. The van der Waals surface area contributed by atoms with E-state index in [2.05, 4.69) is 10.2 Å². The number of aromatic amines is 1. The highest BCUT2D eigenvalue weighted by Crippen LogP contribution is 2.22. The summed E-state index contributed by atoms with van der Waals surface area (Å²) in [6.07, 6.45) is 0. The van der Waals surface area contributed by atoms with E-state index in [0.717, 1.165) is 22.2 Å². The SMILES string of the molecule is N#Cc1n[nH]c2cc(OCc3ccccc3)ccc12. The molecule has 1 aromatic heterocycles. The first kappa shape index (κ1) is 11.3. The van der Waals surface area contributed by atoms with Gasteiger partial charge in [-0.3, -0.25) is 5.10 Å². The first-order chi connectivity index (χ1) is 9.36. The molecule has 3 aromatic rings. The van der Waals surface area contributed by atoms with Crippen LogP contribution in [0.25, 0.3) is 10.9 Å². The van der Waals surface area contributed by atoms with Crippen molar-refractivity contribution in [3.63, 3.8) is 0 Å². The molecular weight excluding hydrogens is 238 g/mol. The van der Waals surface area contributed by atoms with Crippen LogP contribution in [-0.4, -0.2) is 10.2 Å². The standard InChI is InChI=1S/C15H11N3O/c16-9-15-13-7-6-12(8-14(13)17-18-15)19-10-11-4-2-1-3-5-11/h1-8H,10H2,(H,17,18). The molecule has 3 rings (SSSR count). The number of fused-ring (bicyclic) bond motifs is 1. The predicted molar refractivity (Wildman–Crippen MR) is 71.6 cm³/mol. The molecule has 19 heavy (non-hydrogen) atoms. The zero-order chi connectivity index (χ0) is 13.1. The monoisotopic (exact) mass is 249 g/mol. The third kappa shape index (κ3) is 2.26. The first-order valence-corrected chi connectivity index (χ1v) is 5.92. The largest absolute Gasteiger partial charge is 0.489 e. The lowest BCUT2D eigenvalue weighted by Gasteiger charge is -2.05. The van der Waals surface area contributed by atoms with Gasteiger partial charge < -0.3 is 4.74 Å². The Morgan fingerprint density at radius 2 is 2.00 bits per heavy atom. The molecule has 0 aliphatic heterocycles. The Kier molecular flexibility index (Phi) is 2.87. The van der Waals surface area contributed by atoms with Crippen LogP contribution in [0.3, 0.4) is 0 Å². The fourth-order valence-corrected chi connectivity index (χ4v) is 1.91. The number of H-pyrrole nitrogens is 1. The highest BCUT2D eigenvalue weighted by Gasteiger charge is 2.05. The van der Waals surface area contributed by atoms with Crippen molar-refractivity contribution in [3.05, 3.63) is 59.8 Å². The third-order valence-electron chi connectivity index (χ3n) is 2.89. The molecule has 2 aromatic carbocycles. The molecule has 4 nitrogen and oxygen atoms in total. The Bertz CT molecular complexity index is 741. The van der Waals surface area contributed by atoms with Crippen molar-refractivity contribution in [2.75, 3.05) is 0 Å². The van der Waals surface area contributed by atoms with Gasteiger partial charge in [0.05, 0.1) is 5.52 Å². The molecular formula is C15H11N3O. The molecule has 0 radical (unpaired) electrons. The molecule has 4 heteroatoms. The number of nitriles is 1. The van der Waals surface area contributed by atoms with Crippen LogP contribution in [0, 0.1) is 11.3 Å². The van der Waals surface area contributed by atoms with Crippen molar-refractivity contribution in [2.24, 2.45) is 0 Å². The van der Waals surface area contributed by atoms with E-state index < -0.39 is 0 Å². The summed E-state index contributed by atoms with van der Waals surface area (Å²) in [5.74, 6) is 0.754. The number of ether oxygens (including phenoxy) is 1. The summed E-state index contributed by atoms with van der Waals surface area (Å²) in [5, 5.41) is 16.5. The maximum atomic E-state index is 8.88. The first-order valence-electron chi connectivity index (χ1n) is 5.92. The lowest BCUT2D eigenvalue weighted by atomic mass is 10.2. The summed E-state index contributed by atoms with van der Waals surface area (Å²) in [6.45, 7) is 0.519. The highest BCUT2D eigenvalue weighted by atomic mass is 16.5. The van der Waals surface area contributed by atoms with Gasteiger partial charge in [-0.15, -0.1) is 0 Å². The average Bonchev–Trinajstić information content (AvgIpc) is 2.88. The number of benzene rings is 2. The summed E-state index contributed by atoms with van der Waals surface area (Å²) in [7, 11) is 0. The number of hydrogen-bond donors (Lipinski definition) is 1. The van der Waals surface area contributed by atoms with Crippen LogP contribution in [0.4, 0.5) is 0 Å². The van der Waals surface area contributed by atoms with Crippen LogP contribution < -0.4 is 4.74 Å². The fraction of sp³-hybridized carbons (Fsp3) is 0.0667. The Morgan fingerprint density at radius 1 is 1.16 bits per heavy atom. The van der Waals surface area contributed by atoms with E-state index in [-0.39, 0.29) is 0 Å². The van der Waals surface area contributed by atoms with Crippen LogP contribution in [0.15, 0.2) is 48.5 Å². The molecule has 0 amide bonds. The second-order valence-corrected chi connectivity index (χ2v) is 4.17. The molecule has 0 aliphatic carbocycles. The minimum atomic E-state index is 0.407. The summed E-state index contributed by atoms with van der Waals surface area (Å²) >= 11 is 0. The van der Waals surface area contributed by atoms with Gasteiger partial charge in [0.1, 0.15) is 18.4 Å². The molecule has 0 bridgehead atoms. The average molecular weight is 249 g/mol. The summed E-state index contributed by atoms with van der Waals surface area (Å²) in [5.41, 5.74) is 2.33. The zero-order valence-corrected chi connectivity index (χ0v) is 10.1. The lowest BCUT2D eigenvalue weighted by Crippen LogP contribution is -1.94. The molecule has 92 valence electrons. The van der Waals surface area contributed by atoms with Crippen molar-refractivity contribution in [1.29, 1.82) is 5.26 Å². The van der Waals surface area contributed by atoms with Crippen molar-refractivity contribution >= 4 is 10.9 Å². The van der Waals surface area contributed by atoms with Crippen molar-refractivity contribution in [1.82, 2.24) is 10.2 Å². The highest BCUT2D eigenvalue weighted by molar-refractivity contribution is 5.84. The molecule has 0 aliphatic rings. The van der Waals surface area contributed by atoms with Crippen molar-refractivity contribution < 1.29 is 4.74 Å². The summed E-state index contributed by atoms with van der Waals surface area (Å²) in [4.78, 5) is 0. The van der Waals surface area contributed by atoms with Gasteiger partial charge in [-0.05, 0) is 17.7 Å². The van der Waals surface area contributed by atoms with Crippen LogP contribution in [0.1, 0.15) is 11.3 Å². The van der Waals surface area contributed by atoms with Gasteiger partial charge in [-0.1, -0.05) is 30.3 Å². The zero-order valence-electron chi connectivity index (χ0n) is 10.1. The molecule has 1 N–H and O–H groups in total. The van der Waals surface area contributed by atoms with E-state index in [0.29, 0.717) is 12.3 Å². The Morgan fingerprint density at radius 3 is 2.79 bits per heavy atom. The number of nitrogens with one attached hydrogen (secondary N) is 1. The Labute approximate surface area is 110 Å². The quantitative estimate of drug-likeness (QED) is 0.776. The molecule has 0 atom stereocenters. The molecule has 0 saturated carbocycles. The molecule has 0 unspecified atom stereocenters. The number of rotatable bonds is 3. The fourth-order valence-electron chi connectivity index (χ4n) is 1.91. The van der Waals surface area contributed by atoms with Gasteiger partial charge in [0.25, 0.3) is 0 Å². The topological polar surface area (TPSA) is 61.7 Å². The normalized spacial score (nSPS) is 10.3. The van der Waals surface area contributed by atoms with E-state index >= 15 is 0 Å². The van der Waals surface area contributed by atoms with E-state index in [1.807, 2.05) is 54.6 Å². The number of hydrogen-bond acceptors (Lipinski definition) is 3. The van der Waals surface area contributed by atoms with Crippen LogP contribution in [-0.2, 0) is 6.61 Å². The maximum absolute atomic E-state index is 8.88. The van der Waals surface area contributed by atoms with Crippen LogP contribution in [0.2, 0.25) is 0 Å². The van der Waals surface area contributed by atoms with Crippen molar-refractivity contribution in [2.45, 2.75) is 6.61 Å². The lowest BCUT2D eigenvalue weighted by molar-refractivity contribution is 0.306. The summed E-state index contributed by atoms with van der Waals surface area (Å²) in [6, 6.07) is 17.6. The number of nitrogens with zero attached hydrogens (tertiary/aromatic N) is 2. The van der Waals surface area contributed by atoms with Gasteiger partial charge >= 0.3 is 0 Å². The Hall–Kier alpha value is -2.80. The van der Waals surface area contributed by atoms with E-state index in [1.165, 1.54) is 0 Å². The second-order valence-electron chi connectivity index (χ2n) is 4.17. The minimum absolute atomic E-state index is 0.407. The van der Waals surface area contributed by atoms with Gasteiger partial charge in [0.2, 0.25) is 0 Å². The van der Waals surface area contributed by atoms with Gasteiger partial charge in [-0.2, -0.15) is 10.4 Å². The molecule has 0 spiro atoms. The van der Waals surface area contributed by atoms with Gasteiger partial charge in [-0.25, -0.2) is 0 Å². The Balaban J connectivity index is 1.81. The van der Waals surface area contributed by atoms with Gasteiger partial charge in [0.15, 0.2) is 5.69 Å². The minimum Gasteiger partial charge on any atom is -0.489 e. The van der Waals surface area contributed by atoms with E-state index in [4.69, 9.17) is 10.00 Å². The molecule has 0 fully saturated rings. The van der Waals surface area contributed by atoms with E-state index in [9.17, 15) is 0 Å². The van der Waals surface area contributed by atoms with E-state index in [1.54, 1.807) is 0 Å². The van der Waals surface area contributed by atoms with Gasteiger partial charge in [0, 0.05) is 11.5 Å². The smallest absolute Gasteiger partial charge is 0.170 e. The predicted octanol–water partition coefficient (Wildman–Crippen LogP) is 3.01. The van der Waals surface area contributed by atoms with Crippen molar-refractivity contribution in [3.8, 4) is 11.8 Å². The van der Waals surface area contributed by atoms with Crippen LogP contribution >= 0.6 is 0 Å². The molecule has 0 saturated heterocycles. The molecule has 1 heterocycles. The number of aromatic nitrogens is 2. The maximum Gasteiger partial charge on any atom is 0.170 e.